The van der Waals surface area contributed by atoms with Crippen molar-refractivity contribution in [2.75, 3.05) is 44.3 Å². The molecule has 0 spiro atoms. The van der Waals surface area contributed by atoms with Gasteiger partial charge in [-0.05, 0) is 52.2 Å². The van der Waals surface area contributed by atoms with Crippen LogP contribution >= 0.6 is 0 Å². The number of anilines is 1. The Balaban J connectivity index is 1.31. The third-order valence-corrected chi connectivity index (χ3v) is 7.77. The number of amides is 1. The van der Waals surface area contributed by atoms with Gasteiger partial charge in [-0.25, -0.2) is 19.6 Å². The number of ether oxygens (including phenoxy) is 3. The molecule has 2 aromatic heterocycles. The lowest BCUT2D eigenvalue weighted by Gasteiger charge is -2.26. The highest BCUT2D eigenvalue weighted by molar-refractivity contribution is 5.89. The molecule has 0 bridgehead atoms. The summed E-state index contributed by atoms with van der Waals surface area (Å²) in [6, 6.07) is 7.22. The SMILES string of the molecule is CC(C)(C)OC(=O)N1CC2CN(c3nc(-c4cccc(OCC(=O)O)c4)c4ncn(C5CCCCO5)c4n3)CC2C1. The Bertz CT molecular complexity index is 1430. The third kappa shape index (κ3) is 5.79. The molecule has 218 valence electrons. The highest BCUT2D eigenvalue weighted by Gasteiger charge is 2.43. The molecule has 1 amide bonds. The molecule has 12 nitrogen and oxygen atoms in total. The number of nitrogens with zero attached hydrogens (tertiary/aromatic N) is 6. The van der Waals surface area contributed by atoms with E-state index in [0.29, 0.717) is 60.1 Å². The van der Waals surface area contributed by atoms with Crippen molar-refractivity contribution in [2.45, 2.75) is 51.9 Å². The molecule has 3 atom stereocenters. The number of carbonyl (C=O) groups excluding carboxylic acids is 1. The van der Waals surface area contributed by atoms with Gasteiger partial charge in [0.25, 0.3) is 0 Å². The average Bonchev–Trinajstić information content (AvgIpc) is 3.65. The second-order valence-corrected chi connectivity index (χ2v) is 12.0. The summed E-state index contributed by atoms with van der Waals surface area (Å²) in [7, 11) is 0. The van der Waals surface area contributed by atoms with Crippen LogP contribution in [0, 0.1) is 11.8 Å². The largest absolute Gasteiger partial charge is 0.482 e. The second kappa shape index (κ2) is 10.8. The number of aromatic nitrogens is 4. The van der Waals surface area contributed by atoms with Crippen molar-refractivity contribution >= 4 is 29.2 Å². The van der Waals surface area contributed by atoms with E-state index in [1.165, 1.54) is 0 Å². The van der Waals surface area contributed by atoms with Gasteiger partial charge in [0.2, 0.25) is 5.95 Å². The molecule has 6 rings (SSSR count). The van der Waals surface area contributed by atoms with Crippen LogP contribution in [0.4, 0.5) is 10.7 Å². The molecule has 3 aliphatic heterocycles. The number of likely N-dealkylation sites (tertiary alicyclic amines) is 1. The van der Waals surface area contributed by atoms with Gasteiger partial charge in [-0.3, -0.25) is 4.57 Å². The Kier molecular flexibility index (Phi) is 7.18. The Hall–Kier alpha value is -3.93. The highest BCUT2D eigenvalue weighted by atomic mass is 16.6. The van der Waals surface area contributed by atoms with E-state index in [9.17, 15) is 9.59 Å². The zero-order valence-corrected chi connectivity index (χ0v) is 23.7. The normalized spacial score (nSPS) is 22.7. The lowest BCUT2D eigenvalue weighted by Crippen LogP contribution is -2.37. The molecule has 3 aliphatic rings. The van der Waals surface area contributed by atoms with Gasteiger partial charge >= 0.3 is 12.1 Å². The van der Waals surface area contributed by atoms with E-state index in [2.05, 4.69) is 4.90 Å². The van der Waals surface area contributed by atoms with Gasteiger partial charge in [-0.15, -0.1) is 0 Å². The summed E-state index contributed by atoms with van der Waals surface area (Å²) in [5.41, 5.74) is 2.22. The third-order valence-electron chi connectivity index (χ3n) is 7.77. The van der Waals surface area contributed by atoms with Gasteiger partial charge in [0.05, 0.1) is 6.33 Å². The summed E-state index contributed by atoms with van der Waals surface area (Å²) >= 11 is 0. The van der Waals surface area contributed by atoms with Crippen LogP contribution in [-0.4, -0.2) is 86.6 Å². The molecule has 1 aromatic carbocycles. The van der Waals surface area contributed by atoms with Crippen LogP contribution in [0.2, 0.25) is 0 Å². The van der Waals surface area contributed by atoms with Crippen LogP contribution in [0.15, 0.2) is 30.6 Å². The Morgan fingerprint density at radius 3 is 2.56 bits per heavy atom. The van der Waals surface area contributed by atoms with Gasteiger partial charge in [0.1, 0.15) is 28.8 Å². The summed E-state index contributed by atoms with van der Waals surface area (Å²) in [5.74, 6) is 0.582. The minimum Gasteiger partial charge on any atom is -0.482 e. The van der Waals surface area contributed by atoms with E-state index in [-0.39, 0.29) is 12.3 Å². The number of rotatable bonds is 6. The van der Waals surface area contributed by atoms with Crippen LogP contribution < -0.4 is 9.64 Å². The van der Waals surface area contributed by atoms with E-state index >= 15 is 0 Å². The molecule has 0 radical (unpaired) electrons. The highest BCUT2D eigenvalue weighted by Crippen LogP contribution is 2.37. The van der Waals surface area contributed by atoms with Crippen molar-refractivity contribution in [3.8, 4) is 17.0 Å². The molecule has 0 aliphatic carbocycles. The Morgan fingerprint density at radius 1 is 1.10 bits per heavy atom. The van der Waals surface area contributed by atoms with Gasteiger partial charge in [-0.2, -0.15) is 4.98 Å². The fraction of sp³-hybridized carbons (Fsp3) is 0.552. The van der Waals surface area contributed by atoms with Crippen molar-refractivity contribution in [2.24, 2.45) is 11.8 Å². The summed E-state index contributed by atoms with van der Waals surface area (Å²) in [4.78, 5) is 42.4. The van der Waals surface area contributed by atoms with Crippen LogP contribution in [-0.2, 0) is 14.3 Å². The van der Waals surface area contributed by atoms with Crippen LogP contribution in [0.25, 0.3) is 22.4 Å². The van der Waals surface area contributed by atoms with Crippen LogP contribution in [0.1, 0.15) is 46.3 Å². The zero-order valence-electron chi connectivity index (χ0n) is 23.7. The summed E-state index contributed by atoms with van der Waals surface area (Å²) < 4.78 is 19.1. The smallest absolute Gasteiger partial charge is 0.410 e. The predicted molar refractivity (Wildman–Crippen MR) is 150 cm³/mol. The number of benzene rings is 1. The summed E-state index contributed by atoms with van der Waals surface area (Å²) in [6.45, 7) is 8.64. The number of carboxylic acid groups (broad SMARTS) is 1. The van der Waals surface area contributed by atoms with Crippen molar-refractivity contribution in [3.63, 3.8) is 0 Å². The van der Waals surface area contributed by atoms with E-state index in [1.54, 1.807) is 18.5 Å². The molecule has 3 unspecified atom stereocenters. The van der Waals surface area contributed by atoms with Crippen molar-refractivity contribution in [3.05, 3.63) is 30.6 Å². The molecule has 5 heterocycles. The van der Waals surface area contributed by atoms with Crippen molar-refractivity contribution < 1.29 is 28.9 Å². The number of imidazole rings is 1. The first-order valence-corrected chi connectivity index (χ1v) is 14.2. The molecule has 12 heteroatoms. The predicted octanol–water partition coefficient (Wildman–Crippen LogP) is 3.96. The first-order chi connectivity index (χ1) is 19.6. The number of carbonyl (C=O) groups is 2. The topological polar surface area (TPSA) is 132 Å². The standard InChI is InChI=1S/C29H36N6O6/c1-29(2,3)41-28(38)34-14-19-12-33(13-20(19)15-34)27-31-24(18-7-6-8-21(11-18)40-16-23(36)37)25-26(32-27)35(17-30-25)22-9-4-5-10-39-22/h6-8,11,17,19-20,22H,4-5,9-10,12-16H2,1-3H3,(H,36,37). The number of aliphatic carboxylic acids is 1. The fourth-order valence-electron chi connectivity index (χ4n) is 5.91. The summed E-state index contributed by atoms with van der Waals surface area (Å²) in [5, 5.41) is 9.05. The lowest BCUT2D eigenvalue weighted by atomic mass is 10.0. The van der Waals surface area contributed by atoms with E-state index in [0.717, 1.165) is 37.9 Å². The molecule has 0 saturated carbocycles. The van der Waals surface area contributed by atoms with Crippen LogP contribution in [0.3, 0.4) is 0 Å². The molecule has 3 aromatic rings. The van der Waals surface area contributed by atoms with Crippen molar-refractivity contribution in [1.29, 1.82) is 0 Å². The number of carboxylic acids is 1. The van der Waals surface area contributed by atoms with E-state index in [4.69, 9.17) is 34.3 Å². The monoisotopic (exact) mass is 564 g/mol. The minimum absolute atomic E-state index is 0.144. The average molecular weight is 565 g/mol. The first-order valence-electron chi connectivity index (χ1n) is 14.2. The lowest BCUT2D eigenvalue weighted by molar-refractivity contribution is -0.139. The maximum atomic E-state index is 12.7. The molecule has 41 heavy (non-hydrogen) atoms. The maximum absolute atomic E-state index is 12.7. The second-order valence-electron chi connectivity index (χ2n) is 12.0. The molecule has 3 fully saturated rings. The van der Waals surface area contributed by atoms with Gasteiger partial charge in [0, 0.05) is 50.2 Å². The van der Waals surface area contributed by atoms with Gasteiger partial charge in [0.15, 0.2) is 12.3 Å². The summed E-state index contributed by atoms with van der Waals surface area (Å²) in [6.07, 6.45) is 4.35. The minimum atomic E-state index is -1.04. The maximum Gasteiger partial charge on any atom is 0.410 e. The Labute approximate surface area is 238 Å². The number of hydrogen-bond donors (Lipinski definition) is 1. The molecule has 1 N–H and O–H groups in total. The van der Waals surface area contributed by atoms with Gasteiger partial charge < -0.3 is 29.1 Å². The Morgan fingerprint density at radius 2 is 1.88 bits per heavy atom. The van der Waals surface area contributed by atoms with E-state index < -0.39 is 18.2 Å². The molecular formula is C29H36N6O6. The van der Waals surface area contributed by atoms with Gasteiger partial charge in [-0.1, -0.05) is 12.1 Å². The van der Waals surface area contributed by atoms with E-state index in [1.807, 2.05) is 42.4 Å². The first kappa shape index (κ1) is 27.3. The number of fused-ring (bicyclic) bond motifs is 2. The molecule has 3 saturated heterocycles. The molecular weight excluding hydrogens is 528 g/mol. The zero-order chi connectivity index (χ0) is 28.7. The van der Waals surface area contributed by atoms with Crippen LogP contribution in [0.5, 0.6) is 5.75 Å². The quantitative estimate of drug-likeness (QED) is 0.469. The fourth-order valence-corrected chi connectivity index (χ4v) is 5.91. The number of hydrogen-bond acceptors (Lipinski definition) is 9. The van der Waals surface area contributed by atoms with Crippen molar-refractivity contribution in [1.82, 2.24) is 24.4 Å².